The van der Waals surface area contributed by atoms with Crippen LogP contribution in [0.15, 0.2) is 60.9 Å². The molecule has 4 aromatic rings. The lowest BCUT2D eigenvalue weighted by Gasteiger charge is -2.25. The van der Waals surface area contributed by atoms with E-state index in [0.717, 1.165) is 27.4 Å². The fraction of sp³-hybridized carbons (Fsp3) is 0.300. The molecule has 0 saturated carbocycles. The zero-order chi connectivity index (χ0) is 31.8. The molecule has 13 nitrogen and oxygen atoms in total. The first-order chi connectivity index (χ1) is 21.1. The number of carboxylic acid groups (broad SMARTS) is 2. The second-order valence-corrected chi connectivity index (χ2v) is 10.7. The van der Waals surface area contributed by atoms with Crippen LogP contribution in [0.4, 0.5) is 0 Å². The summed E-state index contributed by atoms with van der Waals surface area (Å²) in [4.78, 5) is 68.9. The Balaban J connectivity index is 1.56. The molecule has 232 valence electrons. The van der Waals surface area contributed by atoms with E-state index in [1.54, 1.807) is 12.4 Å². The van der Waals surface area contributed by atoms with Crippen molar-refractivity contribution in [1.82, 2.24) is 25.9 Å². The third kappa shape index (κ3) is 7.96. The maximum atomic E-state index is 13.7. The molecule has 0 aliphatic heterocycles. The monoisotopic (exact) mass is 622 g/mol. The molecule has 0 aliphatic carbocycles. The summed E-state index contributed by atoms with van der Waals surface area (Å²) >= 11 is 3.93. The highest BCUT2D eigenvalue weighted by molar-refractivity contribution is 7.80. The maximum Gasteiger partial charge on any atom is 0.327 e. The van der Waals surface area contributed by atoms with Gasteiger partial charge < -0.3 is 41.9 Å². The highest BCUT2D eigenvalue weighted by Crippen LogP contribution is 2.21. The van der Waals surface area contributed by atoms with Gasteiger partial charge in [0.25, 0.3) is 0 Å². The number of H-pyrrole nitrogens is 2. The lowest BCUT2D eigenvalue weighted by molar-refractivity contribution is -0.142. The average molecular weight is 623 g/mol. The molecule has 9 N–H and O–H groups in total. The molecule has 3 amide bonds. The van der Waals surface area contributed by atoms with Crippen LogP contribution in [0.5, 0.6) is 0 Å². The smallest absolute Gasteiger partial charge is 0.327 e. The molecule has 4 atom stereocenters. The topological polar surface area (TPSA) is 219 Å². The summed E-state index contributed by atoms with van der Waals surface area (Å²) in [5, 5.41) is 27.7. The Kier molecular flexibility index (Phi) is 10.6. The van der Waals surface area contributed by atoms with Crippen molar-refractivity contribution in [2.45, 2.75) is 49.9 Å². The lowest BCUT2D eigenvalue weighted by atomic mass is 10.0. The Morgan fingerprint density at radius 2 is 1.23 bits per heavy atom. The number of carbonyl (C=O) groups excluding carboxylic acids is 3. The molecule has 2 aromatic heterocycles. The van der Waals surface area contributed by atoms with Crippen LogP contribution in [0.25, 0.3) is 21.8 Å². The molecule has 4 rings (SSSR count). The quantitative estimate of drug-likeness (QED) is 0.0872. The lowest BCUT2D eigenvalue weighted by Crippen LogP contribution is -2.58. The molecule has 0 bridgehead atoms. The minimum atomic E-state index is -1.40. The molecular weight excluding hydrogens is 588 g/mol. The van der Waals surface area contributed by atoms with Crippen molar-refractivity contribution in [2.24, 2.45) is 5.73 Å². The van der Waals surface area contributed by atoms with Crippen LogP contribution in [0.1, 0.15) is 24.0 Å². The number of rotatable bonds is 15. The maximum absolute atomic E-state index is 13.7. The van der Waals surface area contributed by atoms with Gasteiger partial charge in [-0.25, -0.2) is 4.79 Å². The second kappa shape index (κ2) is 14.6. The van der Waals surface area contributed by atoms with Crippen LogP contribution in [0, 0.1) is 0 Å². The fourth-order valence-corrected chi connectivity index (χ4v) is 5.15. The normalized spacial score (nSPS) is 14.0. The Morgan fingerprint density at radius 3 is 1.77 bits per heavy atom. The van der Waals surface area contributed by atoms with Gasteiger partial charge in [-0.2, -0.15) is 12.6 Å². The largest absolute Gasteiger partial charge is 0.481 e. The van der Waals surface area contributed by atoms with E-state index in [1.807, 2.05) is 48.5 Å². The molecule has 2 heterocycles. The highest BCUT2D eigenvalue weighted by atomic mass is 32.1. The zero-order valence-corrected chi connectivity index (χ0v) is 24.5. The summed E-state index contributed by atoms with van der Waals surface area (Å²) in [5.41, 5.74) is 9.52. The van der Waals surface area contributed by atoms with Crippen molar-refractivity contribution in [3.63, 3.8) is 0 Å². The third-order valence-electron chi connectivity index (χ3n) is 7.26. The first kappa shape index (κ1) is 32.1. The number of para-hydroxylation sites is 2. The minimum Gasteiger partial charge on any atom is -0.481 e. The van der Waals surface area contributed by atoms with E-state index in [1.165, 1.54) is 0 Å². The van der Waals surface area contributed by atoms with Crippen molar-refractivity contribution in [3.8, 4) is 0 Å². The molecule has 2 aromatic carbocycles. The molecule has 14 heteroatoms. The van der Waals surface area contributed by atoms with Crippen LogP contribution < -0.4 is 21.7 Å². The van der Waals surface area contributed by atoms with Gasteiger partial charge in [0, 0.05) is 52.8 Å². The van der Waals surface area contributed by atoms with Crippen molar-refractivity contribution >= 4 is 64.1 Å². The van der Waals surface area contributed by atoms with Gasteiger partial charge in [-0.3, -0.25) is 19.2 Å². The Morgan fingerprint density at radius 1 is 0.727 bits per heavy atom. The number of fused-ring (bicyclic) bond motifs is 2. The SMILES string of the molecule is NC(Cc1c[nH]c2ccccc12)C(=O)NC(Cc1c[nH]c2ccccc12)C(=O)NC(CCC(=O)O)C(=O)NC(CS)C(=O)O. The van der Waals surface area contributed by atoms with Gasteiger partial charge in [0.15, 0.2) is 0 Å². The van der Waals surface area contributed by atoms with E-state index in [0.29, 0.717) is 5.56 Å². The number of nitrogens with two attached hydrogens (primary N) is 1. The second-order valence-electron chi connectivity index (χ2n) is 10.4. The predicted octanol–water partition coefficient (Wildman–Crippen LogP) is 1.10. The third-order valence-corrected chi connectivity index (χ3v) is 7.63. The Labute approximate surface area is 257 Å². The van der Waals surface area contributed by atoms with Gasteiger partial charge in [0.1, 0.15) is 18.1 Å². The molecule has 0 radical (unpaired) electrons. The van der Waals surface area contributed by atoms with Gasteiger partial charge in [0.05, 0.1) is 6.04 Å². The summed E-state index contributed by atoms with van der Waals surface area (Å²) in [6.45, 7) is 0. The number of amides is 3. The molecule has 0 aliphatic rings. The molecule has 0 fully saturated rings. The van der Waals surface area contributed by atoms with E-state index >= 15 is 0 Å². The van der Waals surface area contributed by atoms with Crippen LogP contribution >= 0.6 is 12.6 Å². The molecular formula is C30H34N6O7S. The first-order valence-corrected chi connectivity index (χ1v) is 14.5. The van der Waals surface area contributed by atoms with Gasteiger partial charge in [-0.15, -0.1) is 0 Å². The number of benzene rings is 2. The molecule has 0 saturated heterocycles. The summed E-state index contributed by atoms with van der Waals surface area (Å²) < 4.78 is 0. The van der Waals surface area contributed by atoms with Gasteiger partial charge in [-0.1, -0.05) is 36.4 Å². The summed E-state index contributed by atoms with van der Waals surface area (Å²) in [5.74, 6) is -5.06. The van der Waals surface area contributed by atoms with E-state index in [4.69, 9.17) is 5.73 Å². The van der Waals surface area contributed by atoms with Gasteiger partial charge in [0.2, 0.25) is 17.7 Å². The number of aromatic nitrogens is 2. The molecule has 44 heavy (non-hydrogen) atoms. The number of nitrogens with one attached hydrogen (secondary N) is 5. The van der Waals surface area contributed by atoms with E-state index < -0.39 is 60.2 Å². The summed E-state index contributed by atoms with van der Waals surface area (Å²) in [6.07, 6.45) is 2.88. The fourth-order valence-electron chi connectivity index (χ4n) is 4.91. The number of hydrogen-bond acceptors (Lipinski definition) is 7. The van der Waals surface area contributed by atoms with Crippen molar-refractivity contribution in [1.29, 1.82) is 0 Å². The highest BCUT2D eigenvalue weighted by Gasteiger charge is 2.31. The van der Waals surface area contributed by atoms with Gasteiger partial charge >= 0.3 is 11.9 Å². The van der Waals surface area contributed by atoms with Crippen LogP contribution in [0.2, 0.25) is 0 Å². The van der Waals surface area contributed by atoms with E-state index in [-0.39, 0.29) is 25.0 Å². The Bertz CT molecular complexity index is 1670. The van der Waals surface area contributed by atoms with Crippen molar-refractivity contribution in [2.75, 3.05) is 5.75 Å². The number of thiol groups is 1. The number of carbonyl (C=O) groups is 5. The van der Waals surface area contributed by atoms with Crippen molar-refractivity contribution in [3.05, 3.63) is 72.1 Å². The van der Waals surface area contributed by atoms with E-state index in [9.17, 15) is 34.2 Å². The number of hydrogen-bond donors (Lipinski definition) is 9. The number of aliphatic carboxylic acids is 2. The first-order valence-electron chi connectivity index (χ1n) is 13.9. The summed E-state index contributed by atoms with van der Waals surface area (Å²) in [6, 6.07) is 9.96. The van der Waals surface area contributed by atoms with Crippen molar-refractivity contribution < 1.29 is 34.2 Å². The molecule has 0 spiro atoms. The molecule has 4 unspecified atom stereocenters. The van der Waals surface area contributed by atoms with Gasteiger partial charge in [-0.05, 0) is 36.1 Å². The average Bonchev–Trinajstić information content (AvgIpc) is 3.61. The Hall–Kier alpha value is -4.82. The number of carboxylic acids is 2. The summed E-state index contributed by atoms with van der Waals surface area (Å²) in [7, 11) is 0. The zero-order valence-electron chi connectivity index (χ0n) is 23.6. The standard InChI is InChI=1S/C30H34N6O7S/c31-20(11-16-13-32-21-7-3-1-5-18(16)21)27(39)35-24(12-17-14-33-22-8-4-2-6-19(17)22)29(41)34-23(9-10-26(37)38)28(40)36-25(15-44)30(42)43/h1-8,13-14,20,23-25,32-33,44H,9-12,15,31H2,(H,34,41)(H,35,39)(H,36,40)(H,37,38)(H,42,43). The van der Waals surface area contributed by atoms with E-state index in [2.05, 4.69) is 38.5 Å². The minimum absolute atomic E-state index is 0.0169. The van der Waals surface area contributed by atoms with Crippen LogP contribution in [0.3, 0.4) is 0 Å². The van der Waals surface area contributed by atoms with Crippen LogP contribution in [-0.4, -0.2) is 79.8 Å². The number of aromatic amines is 2. The predicted molar refractivity (Wildman–Crippen MR) is 166 cm³/mol. The van der Waals surface area contributed by atoms with Crippen LogP contribution in [-0.2, 0) is 36.8 Å².